The molecule has 0 aliphatic rings. The lowest BCUT2D eigenvalue weighted by atomic mass is 10.1. The van der Waals surface area contributed by atoms with E-state index in [2.05, 4.69) is 41.9 Å². The minimum atomic E-state index is -0.656. The SMILES string of the molecule is CC(=O)c1cc(Br)cc(NC(=O)c2nn[nH]n2)c1O. The number of halogens is 1. The van der Waals surface area contributed by atoms with Crippen LogP contribution in [-0.4, -0.2) is 37.4 Å². The zero-order valence-corrected chi connectivity index (χ0v) is 11.2. The monoisotopic (exact) mass is 325 g/mol. The Labute approximate surface area is 115 Å². The number of tetrazole rings is 1. The second-order valence-corrected chi connectivity index (χ2v) is 4.51. The number of amides is 1. The van der Waals surface area contributed by atoms with Crippen LogP contribution in [0.15, 0.2) is 16.6 Å². The van der Waals surface area contributed by atoms with Crippen molar-refractivity contribution in [3.63, 3.8) is 0 Å². The van der Waals surface area contributed by atoms with Gasteiger partial charge in [-0.1, -0.05) is 15.9 Å². The standard InChI is InChI=1S/C10H8BrN5O3/c1-4(17)6-2-5(11)3-7(8(6)18)12-10(19)9-13-15-16-14-9/h2-3,18H,1H3,(H,12,19)(H,13,14,15,16). The maximum absolute atomic E-state index is 11.7. The maximum Gasteiger partial charge on any atom is 0.297 e. The summed E-state index contributed by atoms with van der Waals surface area (Å²) in [5, 5.41) is 24.7. The number of phenols is 1. The van der Waals surface area contributed by atoms with Crippen molar-refractivity contribution in [2.45, 2.75) is 6.92 Å². The van der Waals surface area contributed by atoms with E-state index in [4.69, 9.17) is 0 Å². The van der Waals surface area contributed by atoms with E-state index in [-0.39, 0.29) is 28.6 Å². The molecule has 9 heteroatoms. The van der Waals surface area contributed by atoms with Crippen LogP contribution in [0.4, 0.5) is 5.69 Å². The number of ketones is 1. The van der Waals surface area contributed by atoms with E-state index in [1.807, 2.05) is 0 Å². The zero-order valence-electron chi connectivity index (χ0n) is 9.64. The van der Waals surface area contributed by atoms with E-state index >= 15 is 0 Å². The summed E-state index contributed by atoms with van der Waals surface area (Å²) in [6, 6.07) is 2.92. The fourth-order valence-corrected chi connectivity index (χ4v) is 1.86. The van der Waals surface area contributed by atoms with E-state index in [1.54, 1.807) is 0 Å². The first-order chi connectivity index (χ1) is 8.99. The van der Waals surface area contributed by atoms with Crippen molar-refractivity contribution in [3.05, 3.63) is 28.0 Å². The Morgan fingerprint density at radius 1 is 1.42 bits per heavy atom. The second-order valence-electron chi connectivity index (χ2n) is 3.60. The highest BCUT2D eigenvalue weighted by atomic mass is 79.9. The molecule has 0 fully saturated rings. The Hall–Kier alpha value is -2.29. The van der Waals surface area contributed by atoms with Crippen molar-refractivity contribution >= 4 is 33.3 Å². The van der Waals surface area contributed by atoms with Gasteiger partial charge in [-0.15, -0.1) is 10.2 Å². The molecule has 0 saturated heterocycles. The van der Waals surface area contributed by atoms with Crippen LogP contribution in [0.1, 0.15) is 27.9 Å². The van der Waals surface area contributed by atoms with Gasteiger partial charge in [0.1, 0.15) is 5.75 Å². The van der Waals surface area contributed by atoms with Gasteiger partial charge in [0, 0.05) is 4.47 Å². The molecule has 2 aromatic rings. The van der Waals surface area contributed by atoms with Gasteiger partial charge < -0.3 is 10.4 Å². The summed E-state index contributed by atoms with van der Waals surface area (Å²) >= 11 is 3.19. The molecule has 0 radical (unpaired) electrons. The number of phenolic OH excluding ortho intramolecular Hbond substituents is 1. The number of anilines is 1. The topological polar surface area (TPSA) is 121 Å². The Balaban J connectivity index is 2.35. The van der Waals surface area contributed by atoms with E-state index < -0.39 is 5.91 Å². The van der Waals surface area contributed by atoms with Crippen LogP contribution in [-0.2, 0) is 0 Å². The van der Waals surface area contributed by atoms with Gasteiger partial charge in [0.05, 0.1) is 11.3 Å². The number of carbonyl (C=O) groups excluding carboxylic acids is 2. The smallest absolute Gasteiger partial charge is 0.297 e. The van der Waals surface area contributed by atoms with E-state index in [0.717, 1.165) is 0 Å². The molecular formula is C10H8BrN5O3. The van der Waals surface area contributed by atoms with Gasteiger partial charge in [0.15, 0.2) is 5.78 Å². The van der Waals surface area contributed by atoms with Gasteiger partial charge in [0.2, 0.25) is 0 Å². The highest BCUT2D eigenvalue weighted by Crippen LogP contribution is 2.32. The number of aromatic hydroxyl groups is 1. The Bertz CT molecular complexity index is 641. The third-order valence-electron chi connectivity index (χ3n) is 2.25. The molecular weight excluding hydrogens is 318 g/mol. The van der Waals surface area contributed by atoms with Crippen molar-refractivity contribution in [1.82, 2.24) is 20.6 Å². The second kappa shape index (κ2) is 5.14. The minimum Gasteiger partial charge on any atom is -0.505 e. The number of H-pyrrole nitrogens is 1. The molecule has 0 aliphatic heterocycles. The van der Waals surface area contributed by atoms with E-state index in [0.29, 0.717) is 4.47 Å². The molecule has 0 atom stereocenters. The molecule has 1 aromatic heterocycles. The van der Waals surface area contributed by atoms with Gasteiger partial charge in [0.25, 0.3) is 11.7 Å². The summed E-state index contributed by atoms with van der Waals surface area (Å²) < 4.78 is 0.541. The first kappa shape index (κ1) is 13.1. The maximum atomic E-state index is 11.7. The van der Waals surface area contributed by atoms with Crippen LogP contribution in [0.25, 0.3) is 0 Å². The zero-order chi connectivity index (χ0) is 14.0. The Morgan fingerprint density at radius 3 is 2.74 bits per heavy atom. The fraction of sp³-hybridized carbons (Fsp3) is 0.100. The molecule has 0 saturated carbocycles. The number of aromatic amines is 1. The van der Waals surface area contributed by atoms with Gasteiger partial charge in [-0.3, -0.25) is 9.59 Å². The first-order valence-electron chi connectivity index (χ1n) is 5.07. The number of hydrogen-bond donors (Lipinski definition) is 3. The number of nitrogens with one attached hydrogen (secondary N) is 2. The molecule has 1 aromatic carbocycles. The van der Waals surface area contributed by atoms with Crippen LogP contribution in [0, 0.1) is 0 Å². The molecule has 0 spiro atoms. The Kier molecular flexibility index (Phi) is 3.56. The third-order valence-corrected chi connectivity index (χ3v) is 2.71. The first-order valence-corrected chi connectivity index (χ1v) is 5.86. The fourth-order valence-electron chi connectivity index (χ4n) is 1.40. The van der Waals surface area contributed by atoms with Crippen molar-refractivity contribution < 1.29 is 14.7 Å². The molecule has 98 valence electrons. The van der Waals surface area contributed by atoms with Crippen LogP contribution in [0.3, 0.4) is 0 Å². The summed E-state index contributed by atoms with van der Waals surface area (Å²) in [6.45, 7) is 1.31. The van der Waals surface area contributed by atoms with Crippen molar-refractivity contribution in [2.75, 3.05) is 5.32 Å². The Morgan fingerprint density at radius 2 is 2.16 bits per heavy atom. The molecule has 1 amide bonds. The van der Waals surface area contributed by atoms with Gasteiger partial charge >= 0.3 is 0 Å². The molecule has 1 heterocycles. The summed E-state index contributed by atoms with van der Waals surface area (Å²) in [6.07, 6.45) is 0. The normalized spacial score (nSPS) is 10.2. The molecule has 3 N–H and O–H groups in total. The van der Waals surface area contributed by atoms with Crippen LogP contribution in [0.2, 0.25) is 0 Å². The number of carbonyl (C=O) groups is 2. The van der Waals surface area contributed by atoms with Crippen molar-refractivity contribution in [2.24, 2.45) is 0 Å². The summed E-state index contributed by atoms with van der Waals surface area (Å²) in [7, 11) is 0. The summed E-state index contributed by atoms with van der Waals surface area (Å²) in [5.41, 5.74) is 0.173. The molecule has 0 unspecified atom stereocenters. The van der Waals surface area contributed by atoms with E-state index in [1.165, 1.54) is 19.1 Å². The van der Waals surface area contributed by atoms with Gasteiger partial charge in [-0.25, -0.2) is 0 Å². The lowest BCUT2D eigenvalue weighted by Crippen LogP contribution is -2.14. The average Bonchev–Trinajstić information content (AvgIpc) is 2.86. The highest BCUT2D eigenvalue weighted by molar-refractivity contribution is 9.10. The van der Waals surface area contributed by atoms with Crippen molar-refractivity contribution in [3.8, 4) is 5.75 Å². The molecule has 0 aliphatic carbocycles. The molecule has 8 nitrogen and oxygen atoms in total. The van der Waals surface area contributed by atoms with E-state index in [9.17, 15) is 14.7 Å². The highest BCUT2D eigenvalue weighted by Gasteiger charge is 2.17. The number of hydrogen-bond acceptors (Lipinski definition) is 6. The van der Waals surface area contributed by atoms with Crippen molar-refractivity contribution in [1.29, 1.82) is 0 Å². The molecule has 2 rings (SSSR count). The predicted molar refractivity (Wildman–Crippen MR) is 67.9 cm³/mol. The van der Waals surface area contributed by atoms with Crippen LogP contribution >= 0.6 is 15.9 Å². The summed E-state index contributed by atoms with van der Waals surface area (Å²) in [5.74, 6) is -1.47. The lowest BCUT2D eigenvalue weighted by Gasteiger charge is -2.09. The van der Waals surface area contributed by atoms with Crippen LogP contribution in [0.5, 0.6) is 5.75 Å². The number of nitrogens with zero attached hydrogens (tertiary/aromatic N) is 3. The summed E-state index contributed by atoms with van der Waals surface area (Å²) in [4.78, 5) is 23.1. The van der Waals surface area contributed by atoms with Gasteiger partial charge in [-0.2, -0.15) is 5.21 Å². The number of Topliss-reactive ketones (excluding diaryl/α,β-unsaturated/α-hetero) is 1. The number of benzene rings is 1. The molecule has 0 bridgehead atoms. The lowest BCUT2D eigenvalue weighted by molar-refractivity contribution is 0.1000. The quantitative estimate of drug-likeness (QED) is 0.574. The molecule has 19 heavy (non-hydrogen) atoms. The minimum absolute atomic E-state index is 0.0781. The third kappa shape index (κ3) is 2.76. The average molecular weight is 326 g/mol. The number of aromatic nitrogens is 4. The number of rotatable bonds is 3. The van der Waals surface area contributed by atoms with Crippen LogP contribution < -0.4 is 5.32 Å². The predicted octanol–water partition coefficient (Wildman–Crippen LogP) is 1.12. The largest absolute Gasteiger partial charge is 0.505 e. The van der Waals surface area contributed by atoms with Gasteiger partial charge in [-0.05, 0) is 24.3 Å².